The molecule has 1 unspecified atom stereocenters. The Kier molecular flexibility index (Phi) is 7.13. The van der Waals surface area contributed by atoms with Crippen LogP contribution >= 0.6 is 0 Å². The molecule has 10 heteroatoms. The topological polar surface area (TPSA) is 102 Å². The number of oxazole rings is 1. The highest BCUT2D eigenvalue weighted by Gasteiger charge is 2.36. The van der Waals surface area contributed by atoms with Gasteiger partial charge in [-0.15, -0.1) is 0 Å². The summed E-state index contributed by atoms with van der Waals surface area (Å²) in [6.45, 7) is 4.73. The number of carbonyl (C=O) groups excluding carboxylic acids is 1. The third-order valence-corrected chi connectivity index (χ3v) is 9.51. The van der Waals surface area contributed by atoms with E-state index in [4.69, 9.17) is 9.15 Å². The molecule has 0 N–H and O–H groups in total. The fraction of sp³-hybridized carbons (Fsp3) is 0.481. The van der Waals surface area contributed by atoms with Crippen molar-refractivity contribution in [1.29, 1.82) is 0 Å². The summed E-state index contributed by atoms with van der Waals surface area (Å²) in [5.74, 6) is 0.719. The molecule has 0 aliphatic carbocycles. The number of aromatic nitrogens is 1. The molecule has 3 aromatic rings. The van der Waals surface area contributed by atoms with Crippen molar-refractivity contribution in [3.05, 3.63) is 58.6 Å². The average molecular weight is 528 g/mol. The minimum Gasteiger partial charge on any atom is -0.494 e. The minimum absolute atomic E-state index is 0.0920. The molecule has 2 saturated heterocycles. The number of likely N-dealkylation sites (tertiary alicyclic amines) is 1. The van der Waals surface area contributed by atoms with Gasteiger partial charge in [0.1, 0.15) is 5.75 Å². The summed E-state index contributed by atoms with van der Waals surface area (Å²) in [7, 11) is -2.17. The van der Waals surface area contributed by atoms with Crippen LogP contribution in [0.25, 0.3) is 11.1 Å². The van der Waals surface area contributed by atoms with E-state index in [1.165, 1.54) is 26.6 Å². The number of sulfonamides is 1. The zero-order valence-corrected chi connectivity index (χ0v) is 22.1. The number of nitrogens with zero attached hydrogens (tertiary/aromatic N) is 3. The van der Waals surface area contributed by atoms with E-state index in [0.717, 1.165) is 31.7 Å². The van der Waals surface area contributed by atoms with Crippen molar-refractivity contribution in [1.82, 2.24) is 13.8 Å². The van der Waals surface area contributed by atoms with Crippen molar-refractivity contribution in [2.24, 2.45) is 18.9 Å². The molecule has 2 aromatic carbocycles. The number of carbonyl (C=O) groups is 1. The summed E-state index contributed by atoms with van der Waals surface area (Å²) in [5.41, 5.74) is 1.98. The van der Waals surface area contributed by atoms with Crippen molar-refractivity contribution in [3.63, 3.8) is 0 Å². The van der Waals surface area contributed by atoms with Crippen molar-refractivity contribution in [2.75, 3.05) is 32.8 Å². The molecule has 0 radical (unpaired) electrons. The van der Waals surface area contributed by atoms with Gasteiger partial charge in [0, 0.05) is 45.2 Å². The highest BCUT2D eigenvalue weighted by Crippen LogP contribution is 2.29. The Morgan fingerprint density at radius 3 is 2.51 bits per heavy atom. The predicted molar refractivity (Wildman–Crippen MR) is 139 cm³/mol. The molecule has 1 amide bonds. The Bertz CT molecular complexity index is 1440. The van der Waals surface area contributed by atoms with Gasteiger partial charge in [0.2, 0.25) is 15.9 Å². The first-order valence-corrected chi connectivity index (χ1v) is 14.2. The van der Waals surface area contributed by atoms with Crippen LogP contribution in [-0.2, 0) is 21.9 Å². The molecule has 198 valence electrons. The van der Waals surface area contributed by atoms with Crippen molar-refractivity contribution < 1.29 is 22.4 Å². The van der Waals surface area contributed by atoms with Crippen molar-refractivity contribution >= 4 is 27.0 Å². The minimum atomic E-state index is -3.75. The first-order chi connectivity index (χ1) is 17.7. The van der Waals surface area contributed by atoms with Crippen LogP contribution in [0.2, 0.25) is 0 Å². The third kappa shape index (κ3) is 5.31. The molecular formula is C27H33N3O6S. The van der Waals surface area contributed by atoms with Gasteiger partial charge in [-0.05, 0) is 62.8 Å². The first kappa shape index (κ1) is 25.5. The van der Waals surface area contributed by atoms with Gasteiger partial charge in [-0.2, -0.15) is 4.31 Å². The van der Waals surface area contributed by atoms with E-state index in [0.29, 0.717) is 30.9 Å². The van der Waals surface area contributed by atoms with E-state index in [1.54, 1.807) is 13.1 Å². The normalized spacial score (nSPS) is 19.5. The lowest BCUT2D eigenvalue weighted by molar-refractivity contribution is -0.135. The maximum absolute atomic E-state index is 13.2. The SMILES string of the molecule is Cc1ccc(OCCC2CCN(C(=O)C3CCN(S(=O)(=O)c4ccc5c(c4)oc(=O)n5C)CC3)C2)cc1. The van der Waals surface area contributed by atoms with E-state index < -0.39 is 15.8 Å². The predicted octanol–water partition coefficient (Wildman–Crippen LogP) is 3.16. The Morgan fingerprint density at radius 2 is 1.78 bits per heavy atom. The average Bonchev–Trinajstić information content (AvgIpc) is 3.48. The number of benzene rings is 2. The number of amides is 1. The fourth-order valence-corrected chi connectivity index (χ4v) is 6.76. The van der Waals surface area contributed by atoms with Gasteiger partial charge in [-0.25, -0.2) is 13.2 Å². The van der Waals surface area contributed by atoms with E-state index in [1.807, 2.05) is 36.1 Å². The lowest BCUT2D eigenvalue weighted by Gasteiger charge is -2.32. The number of hydrogen-bond donors (Lipinski definition) is 0. The molecule has 37 heavy (non-hydrogen) atoms. The Balaban J connectivity index is 1.12. The van der Waals surface area contributed by atoms with Gasteiger partial charge in [-0.3, -0.25) is 9.36 Å². The summed E-state index contributed by atoms with van der Waals surface area (Å²) in [5, 5.41) is 0. The van der Waals surface area contributed by atoms with Crippen LogP contribution in [0.4, 0.5) is 0 Å². The molecule has 0 bridgehead atoms. The zero-order chi connectivity index (χ0) is 26.2. The molecule has 1 atom stereocenters. The number of hydrogen-bond acceptors (Lipinski definition) is 6. The Labute approximate surface area is 216 Å². The largest absolute Gasteiger partial charge is 0.494 e. The highest BCUT2D eigenvalue weighted by molar-refractivity contribution is 7.89. The summed E-state index contributed by atoms with van der Waals surface area (Å²) in [4.78, 5) is 26.9. The van der Waals surface area contributed by atoms with Crippen LogP contribution in [0, 0.1) is 18.8 Å². The molecule has 5 rings (SSSR count). The van der Waals surface area contributed by atoms with Crippen molar-refractivity contribution in [2.45, 2.75) is 37.5 Å². The lowest BCUT2D eigenvalue weighted by Crippen LogP contribution is -2.43. The summed E-state index contributed by atoms with van der Waals surface area (Å²) in [6, 6.07) is 12.5. The third-order valence-electron chi connectivity index (χ3n) is 7.62. The molecule has 2 fully saturated rings. The highest BCUT2D eigenvalue weighted by atomic mass is 32.2. The second kappa shape index (κ2) is 10.3. The molecule has 0 spiro atoms. The monoisotopic (exact) mass is 527 g/mol. The lowest BCUT2D eigenvalue weighted by atomic mass is 9.96. The van der Waals surface area contributed by atoms with Crippen LogP contribution in [0.1, 0.15) is 31.2 Å². The van der Waals surface area contributed by atoms with E-state index >= 15 is 0 Å². The molecule has 0 saturated carbocycles. The quantitative estimate of drug-likeness (QED) is 0.468. The Morgan fingerprint density at radius 1 is 1.05 bits per heavy atom. The van der Waals surface area contributed by atoms with E-state index in [-0.39, 0.29) is 35.4 Å². The van der Waals surface area contributed by atoms with Crippen LogP contribution in [0.5, 0.6) is 5.75 Å². The standard InChI is InChI=1S/C27H33N3O6S/c1-19-3-5-22(6-4-19)35-16-12-20-9-13-29(18-20)26(31)21-10-14-30(15-11-21)37(33,34)23-7-8-24-25(17-23)36-27(32)28(24)2/h3-8,17,20-21H,9-16,18H2,1-2H3. The van der Waals surface area contributed by atoms with Gasteiger partial charge in [0.25, 0.3) is 0 Å². The van der Waals surface area contributed by atoms with Crippen LogP contribution in [0.15, 0.2) is 56.6 Å². The van der Waals surface area contributed by atoms with Crippen LogP contribution < -0.4 is 10.5 Å². The number of fused-ring (bicyclic) bond motifs is 1. The fourth-order valence-electron chi connectivity index (χ4n) is 5.27. The second-order valence-corrected chi connectivity index (χ2v) is 12.1. The van der Waals surface area contributed by atoms with Crippen LogP contribution in [-0.4, -0.2) is 60.9 Å². The summed E-state index contributed by atoms with van der Waals surface area (Å²) in [6.07, 6.45) is 2.87. The first-order valence-electron chi connectivity index (χ1n) is 12.8. The molecule has 2 aliphatic heterocycles. The number of rotatable bonds is 7. The maximum atomic E-state index is 13.2. The smallest absolute Gasteiger partial charge is 0.419 e. The summed E-state index contributed by atoms with van der Waals surface area (Å²) < 4.78 is 40.2. The van der Waals surface area contributed by atoms with Gasteiger partial charge >= 0.3 is 5.76 Å². The molecule has 2 aliphatic rings. The number of ether oxygens (including phenoxy) is 1. The molecule has 3 heterocycles. The van der Waals surface area contributed by atoms with E-state index in [9.17, 15) is 18.0 Å². The Hall–Kier alpha value is -3.11. The number of piperidine rings is 1. The van der Waals surface area contributed by atoms with Gasteiger partial charge in [-0.1, -0.05) is 17.7 Å². The van der Waals surface area contributed by atoms with E-state index in [2.05, 4.69) is 0 Å². The molecule has 9 nitrogen and oxygen atoms in total. The van der Waals surface area contributed by atoms with Gasteiger partial charge < -0.3 is 14.1 Å². The zero-order valence-electron chi connectivity index (χ0n) is 21.3. The van der Waals surface area contributed by atoms with Crippen molar-refractivity contribution in [3.8, 4) is 5.75 Å². The molecular weight excluding hydrogens is 494 g/mol. The second-order valence-electron chi connectivity index (χ2n) is 10.1. The maximum Gasteiger partial charge on any atom is 0.419 e. The van der Waals surface area contributed by atoms with Gasteiger partial charge in [0.15, 0.2) is 5.58 Å². The summed E-state index contributed by atoms with van der Waals surface area (Å²) >= 11 is 0. The molecule has 1 aromatic heterocycles. The van der Waals surface area contributed by atoms with Crippen LogP contribution in [0.3, 0.4) is 0 Å². The number of aryl methyl sites for hydroxylation is 2. The van der Waals surface area contributed by atoms with Gasteiger partial charge in [0.05, 0.1) is 17.0 Å².